The van der Waals surface area contributed by atoms with Crippen molar-refractivity contribution < 1.29 is 13.5 Å². The molecule has 0 saturated heterocycles. The van der Waals surface area contributed by atoms with E-state index < -0.39 is 11.6 Å². The van der Waals surface area contributed by atoms with Crippen molar-refractivity contribution in [3.05, 3.63) is 63.1 Å². The van der Waals surface area contributed by atoms with Crippen molar-refractivity contribution in [3.63, 3.8) is 0 Å². The van der Waals surface area contributed by atoms with E-state index in [0.29, 0.717) is 17.2 Å². The quantitative estimate of drug-likeness (QED) is 0.667. The van der Waals surface area contributed by atoms with Crippen molar-refractivity contribution in [2.75, 3.05) is 0 Å². The zero-order chi connectivity index (χ0) is 14.7. The zero-order valence-electron chi connectivity index (χ0n) is 10.7. The fourth-order valence-corrected chi connectivity index (χ4v) is 2.71. The number of alkyl halides is 1. The van der Waals surface area contributed by atoms with Crippen LogP contribution in [0.2, 0.25) is 0 Å². The second-order valence-corrected chi connectivity index (χ2v) is 5.55. The summed E-state index contributed by atoms with van der Waals surface area (Å²) in [7, 11) is 0. The molecule has 0 aliphatic carbocycles. The lowest BCUT2D eigenvalue weighted by atomic mass is 10.1. The Morgan fingerprint density at radius 3 is 2.55 bits per heavy atom. The highest BCUT2D eigenvalue weighted by Crippen LogP contribution is 2.30. The maximum atomic E-state index is 13.5. The van der Waals surface area contributed by atoms with Gasteiger partial charge in [-0.1, -0.05) is 15.9 Å². The Balaban J connectivity index is 2.22. The van der Waals surface area contributed by atoms with Crippen LogP contribution in [-0.2, 0) is 12.5 Å². The molecule has 2 rings (SSSR count). The summed E-state index contributed by atoms with van der Waals surface area (Å²) in [4.78, 5) is 0. The van der Waals surface area contributed by atoms with E-state index in [0.717, 1.165) is 21.7 Å². The molecule has 0 heterocycles. The van der Waals surface area contributed by atoms with Crippen LogP contribution >= 0.6 is 27.5 Å². The third kappa shape index (κ3) is 3.49. The number of hydrogen-bond acceptors (Lipinski definition) is 1. The minimum Gasteiger partial charge on any atom is -0.488 e. The number of hydrogen-bond donors (Lipinski definition) is 0. The number of benzene rings is 2. The third-order valence-electron chi connectivity index (χ3n) is 2.85. The van der Waals surface area contributed by atoms with E-state index >= 15 is 0 Å². The van der Waals surface area contributed by atoms with Crippen LogP contribution in [0.25, 0.3) is 0 Å². The molecule has 0 spiro atoms. The fraction of sp³-hybridized carbons (Fsp3) is 0.200. The van der Waals surface area contributed by atoms with Gasteiger partial charge in [0.05, 0.1) is 5.88 Å². The van der Waals surface area contributed by atoms with Crippen LogP contribution in [0.3, 0.4) is 0 Å². The molecule has 2 aromatic rings. The van der Waals surface area contributed by atoms with Crippen LogP contribution in [0.15, 0.2) is 34.8 Å². The van der Waals surface area contributed by atoms with Crippen molar-refractivity contribution >= 4 is 27.5 Å². The lowest BCUT2D eigenvalue weighted by Crippen LogP contribution is -2.02. The Labute approximate surface area is 129 Å². The molecule has 0 amide bonds. The lowest BCUT2D eigenvalue weighted by Gasteiger charge is -2.14. The summed E-state index contributed by atoms with van der Waals surface area (Å²) in [5.74, 6) is -0.298. The van der Waals surface area contributed by atoms with E-state index in [-0.39, 0.29) is 6.61 Å². The maximum absolute atomic E-state index is 13.5. The van der Waals surface area contributed by atoms with E-state index in [4.69, 9.17) is 16.3 Å². The number of aryl methyl sites for hydroxylation is 1. The van der Waals surface area contributed by atoms with Crippen LogP contribution in [-0.4, -0.2) is 0 Å². The highest BCUT2D eigenvalue weighted by molar-refractivity contribution is 9.10. The summed E-state index contributed by atoms with van der Waals surface area (Å²) in [5.41, 5.74) is 2.02. The predicted molar refractivity (Wildman–Crippen MR) is 79.1 cm³/mol. The topological polar surface area (TPSA) is 9.23 Å². The molecule has 0 unspecified atom stereocenters. The van der Waals surface area contributed by atoms with Gasteiger partial charge in [0, 0.05) is 21.7 Å². The summed E-state index contributed by atoms with van der Waals surface area (Å²) in [6.45, 7) is 1.91. The second kappa shape index (κ2) is 6.55. The highest BCUT2D eigenvalue weighted by Gasteiger charge is 2.10. The van der Waals surface area contributed by atoms with E-state index in [2.05, 4.69) is 15.9 Å². The molecule has 0 fully saturated rings. The van der Waals surface area contributed by atoms with Gasteiger partial charge in [-0.25, -0.2) is 8.78 Å². The number of rotatable bonds is 4. The van der Waals surface area contributed by atoms with Gasteiger partial charge in [-0.3, -0.25) is 0 Å². The van der Waals surface area contributed by atoms with Gasteiger partial charge in [0.25, 0.3) is 0 Å². The first-order valence-electron chi connectivity index (χ1n) is 5.93. The monoisotopic (exact) mass is 360 g/mol. The molecule has 5 heteroatoms. The maximum Gasteiger partial charge on any atom is 0.132 e. The SMILES string of the molecule is Cc1cc(Br)cc(CCl)c1OCc1ccc(F)cc1F. The van der Waals surface area contributed by atoms with Gasteiger partial charge in [-0.15, -0.1) is 11.6 Å². The molecule has 0 aliphatic rings. The molecule has 0 N–H and O–H groups in total. The van der Waals surface area contributed by atoms with Crippen LogP contribution in [0.5, 0.6) is 5.75 Å². The summed E-state index contributed by atoms with van der Waals surface area (Å²) >= 11 is 9.27. The van der Waals surface area contributed by atoms with Crippen LogP contribution in [0, 0.1) is 18.6 Å². The van der Waals surface area contributed by atoms with Crippen molar-refractivity contribution in [2.24, 2.45) is 0 Å². The highest BCUT2D eigenvalue weighted by atomic mass is 79.9. The molecule has 2 aromatic carbocycles. The Morgan fingerprint density at radius 2 is 1.90 bits per heavy atom. The fourth-order valence-electron chi connectivity index (χ4n) is 1.89. The molecular formula is C15H12BrClF2O. The first-order chi connectivity index (χ1) is 9.51. The molecule has 0 bridgehead atoms. The van der Waals surface area contributed by atoms with E-state index in [1.807, 2.05) is 19.1 Å². The Hall–Kier alpha value is -1.13. The zero-order valence-corrected chi connectivity index (χ0v) is 13.1. The standard InChI is InChI=1S/C15H12BrClF2O/c1-9-4-12(16)5-11(7-17)15(9)20-8-10-2-3-13(18)6-14(10)19/h2-6H,7-8H2,1H3. The molecule has 0 atom stereocenters. The van der Waals surface area contributed by atoms with Gasteiger partial charge in [0.15, 0.2) is 0 Å². The Kier molecular flexibility index (Phi) is 5.00. The van der Waals surface area contributed by atoms with Crippen molar-refractivity contribution in [1.29, 1.82) is 0 Å². The molecule has 0 saturated carbocycles. The minimum absolute atomic E-state index is 0.0263. The Morgan fingerprint density at radius 1 is 1.15 bits per heavy atom. The molecule has 20 heavy (non-hydrogen) atoms. The summed E-state index contributed by atoms with van der Waals surface area (Å²) < 4.78 is 32.9. The first-order valence-corrected chi connectivity index (χ1v) is 7.25. The Bertz CT molecular complexity index is 632. The molecular weight excluding hydrogens is 350 g/mol. The van der Waals surface area contributed by atoms with Gasteiger partial charge < -0.3 is 4.74 Å². The van der Waals surface area contributed by atoms with Crippen molar-refractivity contribution in [2.45, 2.75) is 19.4 Å². The normalized spacial score (nSPS) is 10.7. The van der Waals surface area contributed by atoms with Crippen LogP contribution in [0.1, 0.15) is 16.7 Å². The summed E-state index contributed by atoms with van der Waals surface area (Å²) in [6, 6.07) is 7.18. The van der Waals surface area contributed by atoms with Crippen molar-refractivity contribution in [3.8, 4) is 5.75 Å². The van der Waals surface area contributed by atoms with Gasteiger partial charge in [-0.2, -0.15) is 0 Å². The van der Waals surface area contributed by atoms with E-state index in [1.54, 1.807) is 0 Å². The lowest BCUT2D eigenvalue weighted by molar-refractivity contribution is 0.295. The average Bonchev–Trinajstić information content (AvgIpc) is 2.38. The molecule has 0 radical (unpaired) electrons. The molecule has 0 aromatic heterocycles. The van der Waals surface area contributed by atoms with E-state index in [9.17, 15) is 8.78 Å². The van der Waals surface area contributed by atoms with E-state index in [1.165, 1.54) is 12.1 Å². The van der Waals surface area contributed by atoms with Crippen molar-refractivity contribution in [1.82, 2.24) is 0 Å². The third-order valence-corrected chi connectivity index (χ3v) is 3.59. The second-order valence-electron chi connectivity index (χ2n) is 4.37. The van der Waals surface area contributed by atoms with Gasteiger partial charge in [0.2, 0.25) is 0 Å². The number of halogens is 4. The smallest absolute Gasteiger partial charge is 0.132 e. The van der Waals surface area contributed by atoms with Gasteiger partial charge in [0.1, 0.15) is 24.0 Å². The minimum atomic E-state index is -0.618. The molecule has 1 nitrogen and oxygen atoms in total. The van der Waals surface area contributed by atoms with Gasteiger partial charge in [-0.05, 0) is 36.8 Å². The average molecular weight is 362 g/mol. The summed E-state index contributed by atoms with van der Waals surface area (Å²) in [5, 5.41) is 0. The summed E-state index contributed by atoms with van der Waals surface area (Å²) in [6.07, 6.45) is 0. The number of ether oxygens (including phenoxy) is 1. The molecule has 0 aliphatic heterocycles. The van der Waals surface area contributed by atoms with Crippen LogP contribution < -0.4 is 4.74 Å². The van der Waals surface area contributed by atoms with Gasteiger partial charge >= 0.3 is 0 Å². The van der Waals surface area contributed by atoms with Crippen LogP contribution in [0.4, 0.5) is 8.78 Å². The predicted octanol–water partition coefficient (Wildman–Crippen LogP) is 5.35. The molecule has 106 valence electrons. The largest absolute Gasteiger partial charge is 0.488 e. The first kappa shape index (κ1) is 15.3.